The van der Waals surface area contributed by atoms with Crippen LogP contribution in [0.1, 0.15) is 20.3 Å². The van der Waals surface area contributed by atoms with E-state index in [2.05, 4.69) is 24.7 Å². The number of nitrogens with zero attached hydrogens (tertiary/aromatic N) is 6. The lowest BCUT2D eigenvalue weighted by atomic mass is 9.74. The Bertz CT molecular complexity index is 1400. The van der Waals surface area contributed by atoms with Gasteiger partial charge in [0.2, 0.25) is 11.0 Å². The predicted octanol–water partition coefficient (Wildman–Crippen LogP) is 1.99. The van der Waals surface area contributed by atoms with Gasteiger partial charge in [-0.05, 0) is 26.0 Å². The first-order valence-corrected chi connectivity index (χ1v) is 13.1. The Hall–Kier alpha value is -4.04. The lowest BCUT2D eigenvalue weighted by Crippen LogP contribution is -2.56. The molecule has 0 bridgehead atoms. The molecule has 5 rings (SSSR count). The molecule has 2 aromatic rings. The van der Waals surface area contributed by atoms with Crippen molar-refractivity contribution in [1.82, 2.24) is 24.6 Å². The topological polar surface area (TPSA) is 150 Å². The first-order chi connectivity index (χ1) is 18.7. The molecular weight excluding hydrogens is 529 g/mol. The number of aliphatic carboxylic acids is 1. The van der Waals surface area contributed by atoms with Crippen LogP contribution in [0.5, 0.6) is 0 Å². The number of aromatic nitrogens is 3. The molecule has 0 saturated carbocycles. The summed E-state index contributed by atoms with van der Waals surface area (Å²) in [6, 6.07) is 3.52. The van der Waals surface area contributed by atoms with Gasteiger partial charge < -0.3 is 20.1 Å². The summed E-state index contributed by atoms with van der Waals surface area (Å²) < 4.78 is 25.0. The van der Waals surface area contributed by atoms with Gasteiger partial charge in [-0.25, -0.2) is 14.2 Å². The Morgan fingerprint density at radius 1 is 1.36 bits per heavy atom. The first-order valence-electron chi connectivity index (χ1n) is 12.3. The van der Waals surface area contributed by atoms with Crippen LogP contribution in [0.3, 0.4) is 0 Å². The van der Waals surface area contributed by atoms with Crippen LogP contribution in [0.4, 0.5) is 9.52 Å². The smallest absolute Gasteiger partial charge is 0.340 e. The van der Waals surface area contributed by atoms with E-state index in [0.717, 1.165) is 17.7 Å². The number of halogens is 1. The lowest BCUT2D eigenvalue weighted by molar-refractivity contribution is -0.136. The van der Waals surface area contributed by atoms with Crippen molar-refractivity contribution in [2.75, 3.05) is 37.7 Å². The number of ketones is 1. The van der Waals surface area contributed by atoms with Crippen molar-refractivity contribution in [2.45, 2.75) is 20.3 Å². The van der Waals surface area contributed by atoms with Crippen LogP contribution in [0.15, 0.2) is 52.9 Å². The fourth-order valence-corrected chi connectivity index (χ4v) is 5.29. The van der Waals surface area contributed by atoms with Gasteiger partial charge in [0.1, 0.15) is 17.2 Å². The minimum Gasteiger partial charge on any atom is -0.478 e. The number of rotatable bonds is 9. The minimum absolute atomic E-state index is 0.0165. The number of likely N-dealkylation sites (tertiary alicyclic amines) is 1. The third-order valence-electron chi connectivity index (χ3n) is 6.76. The summed E-state index contributed by atoms with van der Waals surface area (Å²) >= 11 is 0.987. The second-order valence-electron chi connectivity index (χ2n) is 9.45. The number of ether oxygens (including phenoxy) is 1. The normalized spacial score (nSPS) is 21.3. The fourth-order valence-electron chi connectivity index (χ4n) is 4.62. The zero-order valence-corrected chi connectivity index (χ0v) is 22.1. The quantitative estimate of drug-likeness (QED) is 0.347. The molecule has 2 N–H and O–H groups in total. The number of amidine groups is 1. The minimum atomic E-state index is -1.57. The molecule has 1 fully saturated rings. The number of amides is 1. The van der Waals surface area contributed by atoms with Crippen molar-refractivity contribution >= 4 is 40.2 Å². The Kier molecular flexibility index (Phi) is 7.23. The molecule has 0 spiro atoms. The van der Waals surface area contributed by atoms with Crippen molar-refractivity contribution in [3.63, 3.8) is 0 Å². The summed E-state index contributed by atoms with van der Waals surface area (Å²) in [5.74, 6) is -2.79. The molecular formula is C25H26FN7O5S. The van der Waals surface area contributed by atoms with Gasteiger partial charge in [0.15, 0.2) is 17.4 Å². The molecule has 39 heavy (non-hydrogen) atoms. The molecule has 1 atom stereocenters. The van der Waals surface area contributed by atoms with E-state index < -0.39 is 28.6 Å². The molecule has 5 heterocycles. The Morgan fingerprint density at radius 2 is 2.15 bits per heavy atom. The van der Waals surface area contributed by atoms with Crippen molar-refractivity contribution in [3.8, 4) is 11.4 Å². The number of Topliss-reactive ketones (excluding diaryl/α,β-unsaturated/α-hetero) is 1. The highest BCUT2D eigenvalue weighted by Gasteiger charge is 2.52. The Labute approximate surface area is 227 Å². The predicted molar refractivity (Wildman–Crippen MR) is 139 cm³/mol. The number of fused-ring (bicyclic) bond motifs is 1. The van der Waals surface area contributed by atoms with E-state index in [1.807, 2.05) is 6.92 Å². The average Bonchev–Trinajstić information content (AvgIpc) is 3.38. The van der Waals surface area contributed by atoms with Crippen LogP contribution in [0.2, 0.25) is 0 Å². The van der Waals surface area contributed by atoms with Gasteiger partial charge in [-0.3, -0.25) is 19.5 Å². The zero-order chi connectivity index (χ0) is 27.7. The highest BCUT2D eigenvalue weighted by molar-refractivity contribution is 7.10. The van der Waals surface area contributed by atoms with E-state index in [4.69, 9.17) is 4.74 Å². The third kappa shape index (κ3) is 4.92. The number of carbonyl (C=O) groups excluding carboxylic acids is 2. The van der Waals surface area contributed by atoms with Crippen LogP contribution >= 0.6 is 11.5 Å². The van der Waals surface area contributed by atoms with Gasteiger partial charge in [-0.15, -0.1) is 0 Å². The van der Waals surface area contributed by atoms with Gasteiger partial charge in [0, 0.05) is 68.4 Å². The summed E-state index contributed by atoms with van der Waals surface area (Å²) in [5.41, 5.74) is -1.42. The van der Waals surface area contributed by atoms with Gasteiger partial charge in [-0.1, -0.05) is 0 Å². The maximum Gasteiger partial charge on any atom is 0.340 e. The number of carboxylic acids is 1. The second-order valence-corrected chi connectivity index (χ2v) is 10.2. The van der Waals surface area contributed by atoms with Crippen LogP contribution in [0.25, 0.3) is 11.4 Å². The second kappa shape index (κ2) is 10.6. The number of anilines is 1. The van der Waals surface area contributed by atoms with E-state index in [0.29, 0.717) is 31.1 Å². The molecule has 1 unspecified atom stereocenters. The summed E-state index contributed by atoms with van der Waals surface area (Å²) in [7, 11) is 0. The number of nitrogens with one attached hydrogen (secondary N) is 1. The molecule has 2 aromatic heterocycles. The molecule has 0 aliphatic carbocycles. The zero-order valence-electron chi connectivity index (χ0n) is 21.3. The summed E-state index contributed by atoms with van der Waals surface area (Å²) in [4.78, 5) is 53.8. The first kappa shape index (κ1) is 26.6. The summed E-state index contributed by atoms with van der Waals surface area (Å²) in [6.45, 7) is 5.21. The van der Waals surface area contributed by atoms with E-state index in [1.54, 1.807) is 29.4 Å². The van der Waals surface area contributed by atoms with Crippen LogP contribution in [0, 0.1) is 11.3 Å². The highest BCUT2D eigenvalue weighted by Crippen LogP contribution is 2.45. The molecule has 3 aliphatic rings. The molecule has 1 amide bonds. The van der Waals surface area contributed by atoms with Crippen molar-refractivity contribution in [1.29, 1.82) is 0 Å². The van der Waals surface area contributed by atoms with Crippen molar-refractivity contribution in [2.24, 2.45) is 16.3 Å². The third-order valence-corrected chi connectivity index (χ3v) is 7.48. The number of pyridine rings is 1. The van der Waals surface area contributed by atoms with Crippen molar-refractivity contribution < 1.29 is 28.6 Å². The highest BCUT2D eigenvalue weighted by atomic mass is 32.1. The van der Waals surface area contributed by atoms with Crippen LogP contribution in [-0.4, -0.2) is 80.7 Å². The van der Waals surface area contributed by atoms with Gasteiger partial charge in [-0.2, -0.15) is 9.36 Å². The molecule has 1 saturated heterocycles. The molecule has 0 aromatic carbocycles. The van der Waals surface area contributed by atoms with E-state index in [9.17, 15) is 19.5 Å². The molecule has 0 radical (unpaired) electrons. The van der Waals surface area contributed by atoms with E-state index in [-0.39, 0.29) is 48.1 Å². The average molecular weight is 556 g/mol. The van der Waals surface area contributed by atoms with E-state index >= 15 is 4.39 Å². The molecule has 3 aliphatic heterocycles. The summed E-state index contributed by atoms with van der Waals surface area (Å²) in [6.07, 6.45) is 3.99. The van der Waals surface area contributed by atoms with Crippen LogP contribution < -0.4 is 10.2 Å². The van der Waals surface area contributed by atoms with Gasteiger partial charge >= 0.3 is 5.97 Å². The molecule has 204 valence electrons. The number of hydrogen-bond donors (Lipinski definition) is 2. The molecule has 14 heteroatoms. The maximum atomic E-state index is 15.5. The van der Waals surface area contributed by atoms with Crippen LogP contribution in [-0.2, 0) is 19.1 Å². The number of hydrogen-bond acceptors (Lipinski definition) is 11. The fraction of sp³-hybridized carbons (Fsp3) is 0.400. The Balaban J connectivity index is 1.43. The lowest BCUT2D eigenvalue weighted by Gasteiger charge is -2.45. The largest absolute Gasteiger partial charge is 0.478 e. The number of carboxylic acid groups (broad SMARTS) is 1. The summed E-state index contributed by atoms with van der Waals surface area (Å²) in [5, 5.41) is 12.8. The van der Waals surface area contributed by atoms with Crippen molar-refractivity contribution in [3.05, 3.63) is 47.9 Å². The van der Waals surface area contributed by atoms with Gasteiger partial charge in [0.05, 0.1) is 17.9 Å². The monoisotopic (exact) mass is 555 g/mol. The SMILES string of the molecule is CCOCCNC(=O)C1CN(C2=C(F)CC3(C)C(=O)C(C(=O)O)=CN(c4nc(-c5cccnc5)ns4)C3=N2)C1. The standard InChI is InChI=1S/C25H26FN7O5S/c1-3-38-8-7-28-21(35)15-11-32(12-15)20-17(26)9-25(2)18(34)16(22(36)37)13-33(23(25)30-20)24-29-19(31-39-24)14-5-4-6-27-10-14/h4-6,10,13,15H,3,7-9,11-12H2,1-2H3,(H,28,35)(H,36,37). The molecule has 12 nitrogen and oxygen atoms in total. The number of aliphatic imine (C=N–C) groups is 1. The Morgan fingerprint density at radius 3 is 2.85 bits per heavy atom. The number of carbonyl (C=O) groups is 3. The number of allylic oxidation sites excluding steroid dienone is 1. The van der Waals surface area contributed by atoms with Gasteiger partial charge in [0.25, 0.3) is 0 Å². The maximum absolute atomic E-state index is 15.5. The van der Waals surface area contributed by atoms with E-state index in [1.165, 1.54) is 11.8 Å².